The quantitative estimate of drug-likeness (QED) is 0.237. The van der Waals surface area contributed by atoms with E-state index in [0.29, 0.717) is 27.0 Å². The number of phenolic OH excluding ortho intramolecular Hbond substituents is 2. The molecule has 3 aromatic rings. The molecule has 2 aromatic carbocycles. The summed E-state index contributed by atoms with van der Waals surface area (Å²) >= 11 is 7.06. The first-order valence-corrected chi connectivity index (χ1v) is 10.5. The van der Waals surface area contributed by atoms with Gasteiger partial charge in [0.05, 0.1) is 14.9 Å². The standard InChI is InChI=1S/C22H20ClN3O4S/c1-13(25-26-21(29)11-3-14-2-8-17(27)18(28)12-14)15-4-6-16(7-5-15)24-22(30)19-9-10-20(23)31-19/h2,4-10,12,27-28H,3,11H2,1H3,(H,24,30)(H,26,29). The number of aromatic hydroxyl groups is 2. The summed E-state index contributed by atoms with van der Waals surface area (Å²) in [7, 11) is 0. The zero-order valence-electron chi connectivity index (χ0n) is 16.6. The number of aryl methyl sites for hydroxylation is 1. The van der Waals surface area contributed by atoms with Gasteiger partial charge in [0.15, 0.2) is 11.5 Å². The topological polar surface area (TPSA) is 111 Å². The number of hydrogen-bond donors (Lipinski definition) is 4. The fraction of sp³-hybridized carbons (Fsp3) is 0.136. The lowest BCUT2D eigenvalue weighted by atomic mass is 10.1. The molecule has 0 aliphatic heterocycles. The molecule has 0 fully saturated rings. The number of benzene rings is 2. The van der Waals surface area contributed by atoms with Gasteiger partial charge in [-0.15, -0.1) is 11.3 Å². The van der Waals surface area contributed by atoms with E-state index in [1.165, 1.54) is 23.5 Å². The van der Waals surface area contributed by atoms with Crippen molar-refractivity contribution < 1.29 is 19.8 Å². The van der Waals surface area contributed by atoms with Crippen molar-refractivity contribution in [3.05, 3.63) is 74.9 Å². The second kappa shape index (κ2) is 10.1. The van der Waals surface area contributed by atoms with Gasteiger partial charge in [0.25, 0.3) is 5.91 Å². The Morgan fingerprint density at radius 2 is 1.77 bits per heavy atom. The third-order valence-corrected chi connectivity index (χ3v) is 5.62. The third-order valence-electron chi connectivity index (χ3n) is 4.39. The Hall–Kier alpha value is -3.36. The van der Waals surface area contributed by atoms with Crippen LogP contribution in [-0.2, 0) is 11.2 Å². The number of thiophene rings is 1. The van der Waals surface area contributed by atoms with Gasteiger partial charge in [0.1, 0.15) is 0 Å². The third kappa shape index (κ3) is 6.31. The summed E-state index contributed by atoms with van der Waals surface area (Å²) < 4.78 is 0.551. The number of carbonyl (C=O) groups is 2. The van der Waals surface area contributed by atoms with Gasteiger partial charge in [-0.3, -0.25) is 9.59 Å². The van der Waals surface area contributed by atoms with Crippen LogP contribution < -0.4 is 10.7 Å². The van der Waals surface area contributed by atoms with E-state index in [2.05, 4.69) is 15.8 Å². The van der Waals surface area contributed by atoms with Crippen molar-refractivity contribution >= 4 is 46.2 Å². The molecule has 0 spiro atoms. The molecule has 1 heterocycles. The van der Waals surface area contributed by atoms with Crippen LogP contribution in [0, 0.1) is 0 Å². The van der Waals surface area contributed by atoms with E-state index in [1.54, 1.807) is 49.4 Å². The Morgan fingerprint density at radius 1 is 1.03 bits per heavy atom. The van der Waals surface area contributed by atoms with Crippen molar-refractivity contribution in [1.29, 1.82) is 0 Å². The van der Waals surface area contributed by atoms with E-state index in [0.717, 1.165) is 11.1 Å². The molecule has 7 nitrogen and oxygen atoms in total. The van der Waals surface area contributed by atoms with E-state index < -0.39 is 0 Å². The van der Waals surface area contributed by atoms with Crippen LogP contribution in [0.3, 0.4) is 0 Å². The van der Waals surface area contributed by atoms with E-state index in [1.807, 2.05) is 0 Å². The van der Waals surface area contributed by atoms with Gasteiger partial charge >= 0.3 is 0 Å². The highest BCUT2D eigenvalue weighted by Crippen LogP contribution is 2.25. The maximum absolute atomic E-state index is 12.2. The highest BCUT2D eigenvalue weighted by molar-refractivity contribution is 7.18. The zero-order valence-corrected chi connectivity index (χ0v) is 18.1. The Labute approximate surface area is 188 Å². The number of rotatable bonds is 7. The second-order valence-corrected chi connectivity index (χ2v) is 8.41. The van der Waals surface area contributed by atoms with Crippen LogP contribution in [0.15, 0.2) is 59.7 Å². The lowest BCUT2D eigenvalue weighted by Crippen LogP contribution is -2.19. The van der Waals surface area contributed by atoms with Gasteiger partial charge in [0, 0.05) is 12.1 Å². The Kier molecular flexibility index (Phi) is 7.28. The van der Waals surface area contributed by atoms with Crippen molar-refractivity contribution in [3.63, 3.8) is 0 Å². The van der Waals surface area contributed by atoms with Crippen LogP contribution in [0.1, 0.15) is 34.1 Å². The smallest absolute Gasteiger partial charge is 0.265 e. The Morgan fingerprint density at radius 3 is 2.42 bits per heavy atom. The number of nitrogens with one attached hydrogen (secondary N) is 2. The van der Waals surface area contributed by atoms with E-state index in [9.17, 15) is 19.8 Å². The van der Waals surface area contributed by atoms with E-state index in [-0.39, 0.29) is 29.7 Å². The molecule has 0 unspecified atom stereocenters. The van der Waals surface area contributed by atoms with E-state index >= 15 is 0 Å². The van der Waals surface area contributed by atoms with Crippen LogP contribution in [-0.4, -0.2) is 27.7 Å². The molecular weight excluding hydrogens is 438 g/mol. The van der Waals surface area contributed by atoms with Crippen molar-refractivity contribution in [2.45, 2.75) is 19.8 Å². The molecular formula is C22H20ClN3O4S. The number of hydrogen-bond acceptors (Lipinski definition) is 6. The first-order chi connectivity index (χ1) is 14.8. The Balaban J connectivity index is 1.51. The number of halogens is 1. The van der Waals surface area contributed by atoms with Crippen LogP contribution in [0.4, 0.5) is 5.69 Å². The Bertz CT molecular complexity index is 1130. The molecule has 31 heavy (non-hydrogen) atoms. The molecule has 0 radical (unpaired) electrons. The minimum Gasteiger partial charge on any atom is -0.504 e. The van der Waals surface area contributed by atoms with Gasteiger partial charge in [-0.1, -0.05) is 29.8 Å². The summed E-state index contributed by atoms with van der Waals surface area (Å²) in [6.07, 6.45) is 0.580. The fourth-order valence-corrected chi connectivity index (χ4v) is 3.61. The molecule has 1 aromatic heterocycles. The summed E-state index contributed by atoms with van der Waals surface area (Å²) in [6, 6.07) is 14.9. The maximum atomic E-state index is 12.2. The molecule has 4 N–H and O–H groups in total. The van der Waals surface area contributed by atoms with Crippen LogP contribution in [0.25, 0.3) is 0 Å². The molecule has 0 saturated carbocycles. The summed E-state index contributed by atoms with van der Waals surface area (Å²) in [4.78, 5) is 24.7. The van der Waals surface area contributed by atoms with Crippen LogP contribution in [0.2, 0.25) is 4.34 Å². The second-order valence-electron chi connectivity index (χ2n) is 6.69. The van der Waals surface area contributed by atoms with Crippen LogP contribution >= 0.6 is 22.9 Å². The van der Waals surface area contributed by atoms with Crippen molar-refractivity contribution in [3.8, 4) is 11.5 Å². The lowest BCUT2D eigenvalue weighted by molar-refractivity contribution is -0.121. The minimum atomic E-state index is -0.273. The van der Waals surface area contributed by atoms with Gasteiger partial charge < -0.3 is 15.5 Å². The van der Waals surface area contributed by atoms with Gasteiger partial charge in [0.2, 0.25) is 5.91 Å². The molecule has 0 saturated heterocycles. The molecule has 3 rings (SSSR count). The summed E-state index contributed by atoms with van der Waals surface area (Å²) in [6.45, 7) is 1.76. The molecule has 160 valence electrons. The average Bonchev–Trinajstić information content (AvgIpc) is 3.20. The molecule has 0 bridgehead atoms. The van der Waals surface area contributed by atoms with Crippen molar-refractivity contribution in [2.24, 2.45) is 5.10 Å². The first-order valence-electron chi connectivity index (χ1n) is 9.33. The highest BCUT2D eigenvalue weighted by atomic mass is 35.5. The largest absolute Gasteiger partial charge is 0.504 e. The molecule has 2 amide bonds. The monoisotopic (exact) mass is 457 g/mol. The van der Waals surface area contributed by atoms with E-state index in [4.69, 9.17) is 11.6 Å². The number of hydrazone groups is 1. The van der Waals surface area contributed by atoms with Crippen molar-refractivity contribution in [2.75, 3.05) is 5.32 Å². The zero-order chi connectivity index (χ0) is 22.4. The maximum Gasteiger partial charge on any atom is 0.265 e. The predicted octanol–water partition coefficient (Wildman–Crippen LogP) is 4.54. The molecule has 0 aliphatic rings. The highest BCUT2D eigenvalue weighted by Gasteiger charge is 2.09. The minimum absolute atomic E-state index is 0.179. The SMILES string of the molecule is CC(=NNC(=O)CCc1ccc(O)c(O)c1)c1ccc(NC(=O)c2ccc(Cl)s2)cc1. The number of nitrogens with zero attached hydrogens (tertiary/aromatic N) is 1. The summed E-state index contributed by atoms with van der Waals surface area (Å²) in [5, 5.41) is 25.7. The number of anilines is 1. The first kappa shape index (κ1) is 22.3. The molecule has 0 atom stereocenters. The lowest BCUT2D eigenvalue weighted by Gasteiger charge is -2.06. The molecule has 0 aliphatic carbocycles. The van der Waals surface area contributed by atoms with Gasteiger partial charge in [-0.05, 0) is 60.9 Å². The number of carbonyl (C=O) groups excluding carboxylic acids is 2. The predicted molar refractivity (Wildman–Crippen MR) is 122 cm³/mol. The van der Waals surface area contributed by atoms with Crippen LogP contribution in [0.5, 0.6) is 11.5 Å². The number of amides is 2. The summed E-state index contributed by atoms with van der Waals surface area (Å²) in [5.41, 5.74) is 5.27. The van der Waals surface area contributed by atoms with Gasteiger partial charge in [-0.25, -0.2) is 5.43 Å². The average molecular weight is 458 g/mol. The molecule has 9 heteroatoms. The summed E-state index contributed by atoms with van der Waals surface area (Å²) in [5.74, 6) is -0.921. The normalized spacial score (nSPS) is 11.2. The fourth-order valence-electron chi connectivity index (χ4n) is 2.67. The number of phenols is 2. The van der Waals surface area contributed by atoms with Gasteiger partial charge in [-0.2, -0.15) is 5.10 Å². The van der Waals surface area contributed by atoms with Crippen molar-refractivity contribution in [1.82, 2.24) is 5.43 Å².